The number of nitrogens with one attached hydrogen (secondary N) is 1. The maximum Gasteiger partial charge on any atom is 0.335 e. The standard InChI is InChI=1S/C11H15NO3/c1-15-7-3-6-12-10-5-2-4-9(8-10)11(13)14/h2,4-5,8,12H,3,6-7H2,1H3,(H,13,14). The molecule has 2 N–H and O–H groups in total. The number of ether oxygens (including phenoxy) is 1. The zero-order chi connectivity index (χ0) is 11.1. The van der Waals surface area contributed by atoms with Gasteiger partial charge in [0.2, 0.25) is 0 Å². The summed E-state index contributed by atoms with van der Waals surface area (Å²) in [6.45, 7) is 1.47. The normalized spacial score (nSPS) is 9.93. The van der Waals surface area contributed by atoms with Gasteiger partial charge in [0.05, 0.1) is 5.56 Å². The second kappa shape index (κ2) is 6.03. The average molecular weight is 209 g/mol. The fraction of sp³-hybridized carbons (Fsp3) is 0.364. The maximum atomic E-state index is 10.7. The minimum absolute atomic E-state index is 0.298. The van der Waals surface area contributed by atoms with Gasteiger partial charge in [0.15, 0.2) is 0 Å². The Labute approximate surface area is 88.9 Å². The van der Waals surface area contributed by atoms with Crippen LogP contribution >= 0.6 is 0 Å². The molecular formula is C11H15NO3. The van der Waals surface area contributed by atoms with Crippen molar-refractivity contribution in [2.45, 2.75) is 6.42 Å². The molecule has 0 aliphatic rings. The average Bonchev–Trinajstić information content (AvgIpc) is 2.25. The van der Waals surface area contributed by atoms with Crippen LogP contribution in [0.5, 0.6) is 0 Å². The van der Waals surface area contributed by atoms with Crippen LogP contribution in [0, 0.1) is 0 Å². The molecule has 0 saturated carbocycles. The van der Waals surface area contributed by atoms with Gasteiger partial charge >= 0.3 is 5.97 Å². The third-order valence-corrected chi connectivity index (χ3v) is 1.96. The molecule has 0 aliphatic carbocycles. The minimum atomic E-state index is -0.907. The second-order valence-electron chi connectivity index (χ2n) is 3.16. The van der Waals surface area contributed by atoms with Crippen molar-refractivity contribution in [3.8, 4) is 0 Å². The van der Waals surface area contributed by atoms with Crippen LogP contribution in [-0.4, -0.2) is 31.3 Å². The van der Waals surface area contributed by atoms with Crippen molar-refractivity contribution in [1.82, 2.24) is 0 Å². The highest BCUT2D eigenvalue weighted by molar-refractivity contribution is 5.88. The summed E-state index contributed by atoms with van der Waals surface area (Å²) in [6, 6.07) is 6.76. The lowest BCUT2D eigenvalue weighted by atomic mass is 10.2. The van der Waals surface area contributed by atoms with Crippen molar-refractivity contribution < 1.29 is 14.6 Å². The molecule has 0 heterocycles. The molecule has 0 fully saturated rings. The number of hydrogen-bond donors (Lipinski definition) is 2. The molecule has 0 spiro atoms. The van der Waals surface area contributed by atoms with Crippen LogP contribution in [0.3, 0.4) is 0 Å². The summed E-state index contributed by atoms with van der Waals surface area (Å²) in [6.07, 6.45) is 0.897. The van der Waals surface area contributed by atoms with Crippen LogP contribution in [-0.2, 0) is 4.74 Å². The molecule has 15 heavy (non-hydrogen) atoms. The first kappa shape index (κ1) is 11.5. The molecule has 1 rings (SSSR count). The summed E-state index contributed by atoms with van der Waals surface area (Å²) < 4.78 is 4.91. The monoisotopic (exact) mass is 209 g/mol. The number of carboxylic acid groups (broad SMARTS) is 1. The Kier molecular flexibility index (Phi) is 4.63. The van der Waals surface area contributed by atoms with E-state index >= 15 is 0 Å². The highest BCUT2D eigenvalue weighted by atomic mass is 16.5. The summed E-state index contributed by atoms with van der Waals surface area (Å²) in [5.41, 5.74) is 1.12. The Balaban J connectivity index is 2.47. The predicted octanol–water partition coefficient (Wildman–Crippen LogP) is 1.83. The topological polar surface area (TPSA) is 58.6 Å². The number of aromatic carboxylic acids is 1. The number of methoxy groups -OCH3 is 1. The molecule has 0 amide bonds. The van der Waals surface area contributed by atoms with E-state index in [1.807, 2.05) is 6.07 Å². The van der Waals surface area contributed by atoms with Gasteiger partial charge in [-0.25, -0.2) is 4.79 Å². The van der Waals surface area contributed by atoms with Crippen molar-refractivity contribution in [3.63, 3.8) is 0 Å². The van der Waals surface area contributed by atoms with E-state index in [9.17, 15) is 4.79 Å². The van der Waals surface area contributed by atoms with Crippen molar-refractivity contribution in [2.24, 2.45) is 0 Å². The van der Waals surface area contributed by atoms with Gasteiger partial charge in [0.1, 0.15) is 0 Å². The molecule has 4 nitrogen and oxygen atoms in total. The first-order valence-corrected chi connectivity index (χ1v) is 4.80. The highest BCUT2D eigenvalue weighted by Crippen LogP contribution is 2.10. The van der Waals surface area contributed by atoms with Crippen molar-refractivity contribution in [3.05, 3.63) is 29.8 Å². The minimum Gasteiger partial charge on any atom is -0.478 e. The molecule has 0 unspecified atom stereocenters. The van der Waals surface area contributed by atoms with Gasteiger partial charge in [-0.15, -0.1) is 0 Å². The van der Waals surface area contributed by atoms with E-state index in [1.54, 1.807) is 25.3 Å². The predicted molar refractivity (Wildman–Crippen MR) is 58.4 cm³/mol. The number of carbonyl (C=O) groups is 1. The molecule has 0 aromatic heterocycles. The van der Waals surface area contributed by atoms with Crippen LogP contribution in [0.1, 0.15) is 16.8 Å². The number of carboxylic acids is 1. The number of anilines is 1. The van der Waals surface area contributed by atoms with Crippen LogP contribution < -0.4 is 5.32 Å². The lowest BCUT2D eigenvalue weighted by Gasteiger charge is -2.06. The van der Waals surface area contributed by atoms with Crippen molar-refractivity contribution in [1.29, 1.82) is 0 Å². The molecule has 1 aromatic rings. The van der Waals surface area contributed by atoms with Gasteiger partial charge in [-0.2, -0.15) is 0 Å². The molecular weight excluding hydrogens is 194 g/mol. The zero-order valence-corrected chi connectivity index (χ0v) is 8.69. The molecule has 0 saturated heterocycles. The Morgan fingerprint density at radius 2 is 2.33 bits per heavy atom. The van der Waals surface area contributed by atoms with Crippen LogP contribution in [0.2, 0.25) is 0 Å². The molecule has 4 heteroatoms. The van der Waals surface area contributed by atoms with Gasteiger partial charge in [-0.1, -0.05) is 6.07 Å². The molecule has 82 valence electrons. The third-order valence-electron chi connectivity index (χ3n) is 1.96. The van der Waals surface area contributed by atoms with E-state index in [-0.39, 0.29) is 0 Å². The Bertz CT molecular complexity index is 325. The smallest absolute Gasteiger partial charge is 0.335 e. The summed E-state index contributed by atoms with van der Waals surface area (Å²) in [5.74, 6) is -0.907. The lowest BCUT2D eigenvalue weighted by molar-refractivity contribution is 0.0697. The van der Waals surface area contributed by atoms with Gasteiger partial charge in [-0.3, -0.25) is 0 Å². The van der Waals surface area contributed by atoms with Gasteiger partial charge < -0.3 is 15.2 Å². The van der Waals surface area contributed by atoms with Crippen molar-refractivity contribution >= 4 is 11.7 Å². The van der Waals surface area contributed by atoms with Crippen LogP contribution in [0.25, 0.3) is 0 Å². The van der Waals surface area contributed by atoms with E-state index in [1.165, 1.54) is 0 Å². The number of rotatable bonds is 6. The van der Waals surface area contributed by atoms with E-state index in [4.69, 9.17) is 9.84 Å². The first-order chi connectivity index (χ1) is 7.24. The van der Waals surface area contributed by atoms with Gasteiger partial charge in [0.25, 0.3) is 0 Å². The third kappa shape index (κ3) is 3.99. The Hall–Kier alpha value is -1.55. The van der Waals surface area contributed by atoms with E-state index < -0.39 is 5.97 Å². The number of hydrogen-bond acceptors (Lipinski definition) is 3. The van der Waals surface area contributed by atoms with Crippen LogP contribution in [0.15, 0.2) is 24.3 Å². The molecule has 0 aliphatic heterocycles. The van der Waals surface area contributed by atoms with Crippen LogP contribution in [0.4, 0.5) is 5.69 Å². The Morgan fingerprint density at radius 1 is 1.53 bits per heavy atom. The fourth-order valence-corrected chi connectivity index (χ4v) is 1.21. The van der Waals surface area contributed by atoms with Crippen molar-refractivity contribution in [2.75, 3.05) is 25.6 Å². The van der Waals surface area contributed by atoms with E-state index in [0.717, 1.165) is 18.7 Å². The summed E-state index contributed by atoms with van der Waals surface area (Å²) in [4.78, 5) is 10.7. The van der Waals surface area contributed by atoms with E-state index in [0.29, 0.717) is 12.2 Å². The number of benzene rings is 1. The summed E-state index contributed by atoms with van der Waals surface area (Å²) in [5, 5.41) is 11.9. The first-order valence-electron chi connectivity index (χ1n) is 4.80. The SMILES string of the molecule is COCCCNc1cccc(C(=O)O)c1. The highest BCUT2D eigenvalue weighted by Gasteiger charge is 2.02. The largest absolute Gasteiger partial charge is 0.478 e. The summed E-state index contributed by atoms with van der Waals surface area (Å²) in [7, 11) is 1.66. The lowest BCUT2D eigenvalue weighted by Crippen LogP contribution is -2.05. The zero-order valence-electron chi connectivity index (χ0n) is 8.69. The second-order valence-corrected chi connectivity index (χ2v) is 3.16. The molecule has 0 bridgehead atoms. The summed E-state index contributed by atoms with van der Waals surface area (Å²) >= 11 is 0. The van der Waals surface area contributed by atoms with E-state index in [2.05, 4.69) is 5.32 Å². The molecule has 0 radical (unpaired) electrons. The van der Waals surface area contributed by atoms with Gasteiger partial charge in [-0.05, 0) is 24.6 Å². The maximum absolute atomic E-state index is 10.7. The Morgan fingerprint density at radius 3 is 3.00 bits per heavy atom. The van der Waals surface area contributed by atoms with Gasteiger partial charge in [0, 0.05) is 25.9 Å². The fourth-order valence-electron chi connectivity index (χ4n) is 1.21. The molecule has 0 atom stereocenters. The quantitative estimate of drug-likeness (QED) is 0.702. The molecule has 1 aromatic carbocycles.